The van der Waals surface area contributed by atoms with E-state index in [4.69, 9.17) is 5.11 Å². The Kier molecular flexibility index (Phi) is 3.68. The minimum atomic E-state index is -0.761. The van der Waals surface area contributed by atoms with Crippen LogP contribution in [0.25, 0.3) is 10.1 Å². The van der Waals surface area contributed by atoms with Gasteiger partial charge in [-0.3, -0.25) is 9.59 Å². The van der Waals surface area contributed by atoms with Crippen LogP contribution in [0.5, 0.6) is 0 Å². The minimum Gasteiger partial charge on any atom is -0.481 e. The highest BCUT2D eigenvalue weighted by Crippen LogP contribution is 2.29. The number of nitrogens with one attached hydrogen (secondary N) is 1. The quantitative estimate of drug-likeness (QED) is 0.915. The molecule has 2 atom stereocenters. The number of benzene rings is 1. The van der Waals surface area contributed by atoms with Gasteiger partial charge >= 0.3 is 5.97 Å². The summed E-state index contributed by atoms with van der Waals surface area (Å²) < 4.78 is 1.11. The van der Waals surface area contributed by atoms with Crippen LogP contribution in [0.2, 0.25) is 0 Å². The Bertz CT molecular complexity index is 707. The number of rotatable bonds is 3. The van der Waals surface area contributed by atoms with Gasteiger partial charge in [0.05, 0.1) is 11.5 Å². The molecule has 0 saturated heterocycles. The van der Waals surface area contributed by atoms with E-state index in [9.17, 15) is 9.59 Å². The zero-order valence-electron chi connectivity index (χ0n) is 11.8. The molecule has 0 spiro atoms. The van der Waals surface area contributed by atoms with Crippen molar-refractivity contribution in [1.29, 1.82) is 0 Å². The third-order valence-corrected chi connectivity index (χ3v) is 5.04. The molecule has 1 aromatic carbocycles. The van der Waals surface area contributed by atoms with Crippen molar-refractivity contribution in [2.24, 2.45) is 5.92 Å². The van der Waals surface area contributed by atoms with Crippen molar-refractivity contribution in [1.82, 2.24) is 5.32 Å². The van der Waals surface area contributed by atoms with Crippen LogP contribution in [0.15, 0.2) is 23.6 Å². The zero-order valence-corrected chi connectivity index (χ0v) is 12.6. The van der Waals surface area contributed by atoms with E-state index in [1.54, 1.807) is 11.3 Å². The number of hydrogen-bond acceptors (Lipinski definition) is 3. The van der Waals surface area contributed by atoms with Crippen molar-refractivity contribution in [2.75, 3.05) is 0 Å². The Morgan fingerprint density at radius 1 is 1.33 bits per heavy atom. The summed E-state index contributed by atoms with van der Waals surface area (Å²) in [5, 5.41) is 14.8. The lowest BCUT2D eigenvalue weighted by molar-refractivity contribution is -0.141. The summed E-state index contributed by atoms with van der Waals surface area (Å²) in [7, 11) is 0. The van der Waals surface area contributed by atoms with Crippen LogP contribution < -0.4 is 5.32 Å². The van der Waals surface area contributed by atoms with E-state index >= 15 is 0 Å². The lowest BCUT2D eigenvalue weighted by Crippen LogP contribution is -2.33. The molecule has 0 unspecified atom stereocenters. The molecule has 110 valence electrons. The monoisotopic (exact) mass is 303 g/mol. The maximum absolute atomic E-state index is 12.4. The molecule has 0 radical (unpaired) electrons. The van der Waals surface area contributed by atoms with Gasteiger partial charge in [0.25, 0.3) is 5.91 Å². The Balaban J connectivity index is 1.74. The summed E-state index contributed by atoms with van der Waals surface area (Å²) in [5.41, 5.74) is 1.87. The fourth-order valence-electron chi connectivity index (χ4n) is 2.91. The van der Waals surface area contributed by atoms with Crippen molar-refractivity contribution in [3.05, 3.63) is 34.7 Å². The highest BCUT2D eigenvalue weighted by Gasteiger charge is 2.30. The maximum Gasteiger partial charge on any atom is 0.306 e. The third-order valence-electron chi connectivity index (χ3n) is 4.09. The van der Waals surface area contributed by atoms with Crippen LogP contribution in [0.1, 0.15) is 35.2 Å². The number of carboxylic acids is 1. The zero-order chi connectivity index (χ0) is 15.0. The number of aliphatic carboxylic acids is 1. The van der Waals surface area contributed by atoms with Gasteiger partial charge in [-0.05, 0) is 37.8 Å². The number of hydrogen-bond donors (Lipinski definition) is 2. The molecule has 1 aliphatic carbocycles. The van der Waals surface area contributed by atoms with Gasteiger partial charge in [-0.1, -0.05) is 12.1 Å². The summed E-state index contributed by atoms with van der Waals surface area (Å²) in [6.07, 6.45) is 1.91. The Morgan fingerprint density at radius 2 is 2.14 bits per heavy atom. The smallest absolute Gasteiger partial charge is 0.306 e. The van der Waals surface area contributed by atoms with E-state index in [0.29, 0.717) is 18.4 Å². The average molecular weight is 303 g/mol. The summed E-state index contributed by atoms with van der Waals surface area (Å²) in [6.45, 7) is 2.03. The Hall–Kier alpha value is -1.88. The second-order valence-corrected chi connectivity index (χ2v) is 6.58. The van der Waals surface area contributed by atoms with Crippen LogP contribution in [0, 0.1) is 12.8 Å². The fraction of sp³-hybridized carbons (Fsp3) is 0.375. The van der Waals surface area contributed by atoms with E-state index in [2.05, 4.69) is 11.4 Å². The molecule has 1 aliphatic rings. The maximum atomic E-state index is 12.4. The van der Waals surface area contributed by atoms with Crippen LogP contribution in [0.3, 0.4) is 0 Å². The van der Waals surface area contributed by atoms with Crippen LogP contribution in [0.4, 0.5) is 0 Å². The first-order chi connectivity index (χ1) is 10.0. The highest BCUT2D eigenvalue weighted by molar-refractivity contribution is 7.17. The number of thiophene rings is 1. The van der Waals surface area contributed by atoms with E-state index in [1.807, 2.05) is 24.4 Å². The first-order valence-corrected chi connectivity index (χ1v) is 7.94. The second kappa shape index (κ2) is 5.48. The molecule has 0 bridgehead atoms. The predicted octanol–water partition coefficient (Wildman–Crippen LogP) is 3.19. The first kappa shape index (κ1) is 14.1. The molecule has 21 heavy (non-hydrogen) atoms. The van der Waals surface area contributed by atoms with Gasteiger partial charge in [0.2, 0.25) is 0 Å². The summed E-state index contributed by atoms with van der Waals surface area (Å²) in [4.78, 5) is 23.3. The largest absolute Gasteiger partial charge is 0.481 e. The van der Waals surface area contributed by atoms with E-state index in [0.717, 1.165) is 16.5 Å². The molecule has 1 aromatic heterocycles. The molecule has 1 saturated carbocycles. The SMILES string of the molecule is Cc1ccc2c(C(=O)N[C@H]3CC[C@@H](C(=O)O)C3)csc2c1. The van der Waals surface area contributed by atoms with Crippen LogP contribution >= 0.6 is 11.3 Å². The van der Waals surface area contributed by atoms with Gasteiger partial charge < -0.3 is 10.4 Å². The molecule has 1 fully saturated rings. The van der Waals surface area contributed by atoms with Crippen molar-refractivity contribution in [3.63, 3.8) is 0 Å². The molecule has 2 N–H and O–H groups in total. The first-order valence-electron chi connectivity index (χ1n) is 7.06. The molecule has 0 aliphatic heterocycles. The van der Waals surface area contributed by atoms with Crippen LogP contribution in [-0.2, 0) is 4.79 Å². The van der Waals surface area contributed by atoms with Crippen molar-refractivity contribution in [2.45, 2.75) is 32.2 Å². The molecule has 2 aromatic rings. The van der Waals surface area contributed by atoms with E-state index in [-0.39, 0.29) is 17.9 Å². The van der Waals surface area contributed by atoms with Crippen molar-refractivity contribution >= 4 is 33.3 Å². The number of aryl methyl sites for hydroxylation is 1. The van der Waals surface area contributed by atoms with Crippen molar-refractivity contribution in [3.8, 4) is 0 Å². The van der Waals surface area contributed by atoms with Gasteiger partial charge in [0.15, 0.2) is 0 Å². The molecule has 4 nitrogen and oxygen atoms in total. The molecular weight excluding hydrogens is 286 g/mol. The normalized spacial score (nSPS) is 21.6. The third kappa shape index (κ3) is 2.78. The van der Waals surface area contributed by atoms with Crippen molar-refractivity contribution < 1.29 is 14.7 Å². The molecular formula is C16H17NO3S. The van der Waals surface area contributed by atoms with Gasteiger partial charge in [0, 0.05) is 21.5 Å². The van der Waals surface area contributed by atoms with Gasteiger partial charge in [0.1, 0.15) is 0 Å². The average Bonchev–Trinajstić information content (AvgIpc) is 3.04. The number of carbonyl (C=O) groups is 2. The fourth-order valence-corrected chi connectivity index (χ4v) is 3.95. The molecule has 5 heteroatoms. The second-order valence-electron chi connectivity index (χ2n) is 5.67. The summed E-state index contributed by atoms with van der Waals surface area (Å²) in [5.74, 6) is -1.18. The minimum absolute atomic E-state index is 0.0287. The highest BCUT2D eigenvalue weighted by atomic mass is 32.1. The van der Waals surface area contributed by atoms with E-state index in [1.165, 1.54) is 5.56 Å². The molecule has 3 rings (SSSR count). The van der Waals surface area contributed by atoms with Gasteiger partial charge in [-0.15, -0.1) is 11.3 Å². The predicted molar refractivity (Wildman–Crippen MR) is 82.8 cm³/mol. The lowest BCUT2D eigenvalue weighted by atomic mass is 10.1. The summed E-state index contributed by atoms with van der Waals surface area (Å²) in [6, 6.07) is 6.03. The number of amides is 1. The standard InChI is InChI=1S/C16H17NO3S/c1-9-2-5-12-13(8-21-14(12)6-9)15(18)17-11-4-3-10(7-11)16(19)20/h2,5-6,8,10-11H,3-4,7H2,1H3,(H,17,18)(H,19,20)/t10-,11+/m1/s1. The Labute approximate surface area is 126 Å². The molecule has 1 amide bonds. The molecule has 1 heterocycles. The number of carboxylic acid groups (broad SMARTS) is 1. The van der Waals surface area contributed by atoms with E-state index < -0.39 is 5.97 Å². The van der Waals surface area contributed by atoms with Gasteiger partial charge in [-0.25, -0.2) is 0 Å². The summed E-state index contributed by atoms with van der Waals surface area (Å²) >= 11 is 1.56. The number of fused-ring (bicyclic) bond motifs is 1. The van der Waals surface area contributed by atoms with Crippen LogP contribution in [-0.4, -0.2) is 23.0 Å². The lowest BCUT2D eigenvalue weighted by Gasteiger charge is -2.12. The topological polar surface area (TPSA) is 66.4 Å². The number of carbonyl (C=O) groups excluding carboxylic acids is 1. The Morgan fingerprint density at radius 3 is 2.86 bits per heavy atom. The van der Waals surface area contributed by atoms with Gasteiger partial charge in [-0.2, -0.15) is 0 Å².